The van der Waals surface area contributed by atoms with Crippen molar-refractivity contribution in [3.05, 3.63) is 36.7 Å². The summed E-state index contributed by atoms with van der Waals surface area (Å²) >= 11 is 0. The van der Waals surface area contributed by atoms with E-state index in [1.54, 1.807) is 25.2 Å². The van der Waals surface area contributed by atoms with Crippen LogP contribution in [0.2, 0.25) is 0 Å². The van der Waals surface area contributed by atoms with Crippen LogP contribution in [0, 0.1) is 5.82 Å². The van der Waals surface area contributed by atoms with Gasteiger partial charge in [-0.25, -0.2) is 4.39 Å². The van der Waals surface area contributed by atoms with Crippen LogP contribution >= 0.6 is 0 Å². The fourth-order valence-electron chi connectivity index (χ4n) is 1.23. The van der Waals surface area contributed by atoms with Gasteiger partial charge in [0.05, 0.1) is 12.3 Å². The van der Waals surface area contributed by atoms with Crippen molar-refractivity contribution in [3.63, 3.8) is 0 Å². The lowest BCUT2D eigenvalue weighted by Gasteiger charge is -2.09. The normalized spacial score (nSPS) is 9.73. The summed E-state index contributed by atoms with van der Waals surface area (Å²) in [5, 5.41) is 2.77. The molecule has 0 spiro atoms. The molecule has 0 amide bonds. The molecule has 0 unspecified atom stereocenters. The molecule has 3 heteroatoms. The molecule has 0 aliphatic heterocycles. The van der Waals surface area contributed by atoms with Crippen LogP contribution in [0.5, 0.6) is 5.75 Å². The Morgan fingerprint density at radius 3 is 3.00 bits per heavy atom. The van der Waals surface area contributed by atoms with Gasteiger partial charge in [0.15, 0.2) is 11.6 Å². The summed E-state index contributed by atoms with van der Waals surface area (Å²) in [7, 11) is 1.68. The highest BCUT2D eigenvalue weighted by molar-refractivity contribution is 5.49. The summed E-state index contributed by atoms with van der Waals surface area (Å²) < 4.78 is 18.9. The molecule has 2 nitrogen and oxygen atoms in total. The zero-order valence-corrected chi connectivity index (χ0v) is 8.92. The number of anilines is 1. The lowest BCUT2D eigenvalue weighted by molar-refractivity contribution is 0.297. The van der Waals surface area contributed by atoms with E-state index in [-0.39, 0.29) is 5.82 Å². The first kappa shape index (κ1) is 11.6. The number of allylic oxidation sites excluding steroid dienone is 1. The van der Waals surface area contributed by atoms with E-state index in [0.29, 0.717) is 18.0 Å². The van der Waals surface area contributed by atoms with Crippen LogP contribution in [-0.2, 0) is 0 Å². The smallest absolute Gasteiger partial charge is 0.188 e. The summed E-state index contributed by atoms with van der Waals surface area (Å²) in [6.07, 6.45) is 3.56. The Balaban J connectivity index is 2.56. The molecule has 0 radical (unpaired) electrons. The second-order valence-corrected chi connectivity index (χ2v) is 3.15. The van der Waals surface area contributed by atoms with Crippen LogP contribution in [0.15, 0.2) is 30.9 Å². The van der Waals surface area contributed by atoms with E-state index in [1.807, 2.05) is 6.08 Å². The summed E-state index contributed by atoms with van der Waals surface area (Å²) in [6, 6.07) is 5.06. The van der Waals surface area contributed by atoms with Crippen LogP contribution in [0.1, 0.15) is 12.8 Å². The van der Waals surface area contributed by atoms with Gasteiger partial charge in [-0.05, 0) is 25.0 Å². The molecule has 0 aromatic heterocycles. The summed E-state index contributed by atoms with van der Waals surface area (Å²) in [4.78, 5) is 0. The van der Waals surface area contributed by atoms with E-state index in [0.717, 1.165) is 12.8 Å². The lowest BCUT2D eigenvalue weighted by atomic mass is 10.3. The number of ether oxygens (including phenoxy) is 1. The standard InChI is InChI=1S/C12H16FNO/c1-3-4-5-9-15-11-8-6-7-10(14-2)12(11)13/h3,6-8,14H,1,4-5,9H2,2H3. The van der Waals surface area contributed by atoms with Crippen molar-refractivity contribution >= 4 is 5.69 Å². The van der Waals surface area contributed by atoms with Gasteiger partial charge < -0.3 is 10.1 Å². The van der Waals surface area contributed by atoms with Gasteiger partial charge in [-0.3, -0.25) is 0 Å². The zero-order chi connectivity index (χ0) is 11.1. The maximum absolute atomic E-state index is 13.6. The molecule has 1 N–H and O–H groups in total. The van der Waals surface area contributed by atoms with Crippen LogP contribution in [0.25, 0.3) is 0 Å². The fraction of sp³-hybridized carbons (Fsp3) is 0.333. The maximum atomic E-state index is 13.6. The molecule has 0 heterocycles. The van der Waals surface area contributed by atoms with Crippen molar-refractivity contribution in [2.45, 2.75) is 12.8 Å². The van der Waals surface area contributed by atoms with Crippen LogP contribution in [0.4, 0.5) is 10.1 Å². The van der Waals surface area contributed by atoms with Crippen LogP contribution in [0.3, 0.4) is 0 Å². The molecule has 0 saturated heterocycles. The molecule has 1 rings (SSSR count). The molecule has 0 aliphatic carbocycles. The first-order valence-electron chi connectivity index (χ1n) is 4.99. The lowest BCUT2D eigenvalue weighted by Crippen LogP contribution is -2.01. The number of benzene rings is 1. The minimum absolute atomic E-state index is 0.297. The van der Waals surface area contributed by atoms with Crippen molar-refractivity contribution in [1.29, 1.82) is 0 Å². The van der Waals surface area contributed by atoms with Gasteiger partial charge in [0.1, 0.15) is 0 Å². The molecule has 1 aromatic carbocycles. The highest BCUT2D eigenvalue weighted by Gasteiger charge is 2.06. The summed E-state index contributed by atoms with van der Waals surface area (Å²) in [5.74, 6) is -0.0375. The van der Waals surface area contributed by atoms with Crippen LogP contribution < -0.4 is 10.1 Å². The minimum atomic E-state index is -0.335. The Labute approximate surface area is 89.8 Å². The monoisotopic (exact) mass is 209 g/mol. The van der Waals surface area contributed by atoms with Crippen molar-refractivity contribution in [1.82, 2.24) is 0 Å². The molecule has 0 aliphatic rings. The fourth-order valence-corrected chi connectivity index (χ4v) is 1.23. The Hall–Kier alpha value is -1.51. The Morgan fingerprint density at radius 1 is 1.53 bits per heavy atom. The predicted molar refractivity (Wildman–Crippen MR) is 60.9 cm³/mol. The van der Waals surface area contributed by atoms with E-state index in [1.165, 1.54) is 0 Å². The minimum Gasteiger partial charge on any atom is -0.490 e. The van der Waals surface area contributed by atoms with Gasteiger partial charge in [-0.2, -0.15) is 0 Å². The van der Waals surface area contributed by atoms with Gasteiger partial charge in [-0.1, -0.05) is 12.1 Å². The number of rotatable bonds is 6. The molecule has 0 atom stereocenters. The maximum Gasteiger partial charge on any atom is 0.188 e. The quantitative estimate of drug-likeness (QED) is 0.573. The van der Waals surface area contributed by atoms with E-state index in [9.17, 15) is 4.39 Å². The molecule has 15 heavy (non-hydrogen) atoms. The van der Waals surface area contributed by atoms with Crippen molar-refractivity contribution in [2.24, 2.45) is 0 Å². The van der Waals surface area contributed by atoms with Crippen molar-refractivity contribution in [3.8, 4) is 5.75 Å². The Bertz CT molecular complexity index is 325. The number of halogens is 1. The first-order chi connectivity index (χ1) is 7.29. The Kier molecular flexibility index (Phi) is 4.68. The van der Waals surface area contributed by atoms with Gasteiger partial charge in [-0.15, -0.1) is 6.58 Å². The third-order valence-electron chi connectivity index (χ3n) is 2.04. The molecule has 1 aromatic rings. The molecule has 0 fully saturated rings. The SMILES string of the molecule is C=CCCCOc1cccc(NC)c1F. The number of hydrogen-bond donors (Lipinski definition) is 1. The van der Waals surface area contributed by atoms with Gasteiger partial charge in [0, 0.05) is 7.05 Å². The average molecular weight is 209 g/mol. The second-order valence-electron chi connectivity index (χ2n) is 3.15. The van der Waals surface area contributed by atoms with Crippen LogP contribution in [-0.4, -0.2) is 13.7 Å². The summed E-state index contributed by atoms with van der Waals surface area (Å²) in [6.45, 7) is 4.12. The number of unbranched alkanes of at least 4 members (excludes halogenated alkanes) is 1. The zero-order valence-electron chi connectivity index (χ0n) is 8.92. The van der Waals surface area contributed by atoms with Gasteiger partial charge in [0.25, 0.3) is 0 Å². The topological polar surface area (TPSA) is 21.3 Å². The molecular weight excluding hydrogens is 193 g/mol. The highest BCUT2D eigenvalue weighted by Crippen LogP contribution is 2.23. The second kappa shape index (κ2) is 6.06. The highest BCUT2D eigenvalue weighted by atomic mass is 19.1. The van der Waals surface area contributed by atoms with Crippen molar-refractivity contribution < 1.29 is 9.13 Å². The number of hydrogen-bond acceptors (Lipinski definition) is 2. The largest absolute Gasteiger partial charge is 0.490 e. The molecule has 82 valence electrons. The van der Waals surface area contributed by atoms with Gasteiger partial charge in [0.2, 0.25) is 0 Å². The van der Waals surface area contributed by atoms with E-state index in [4.69, 9.17) is 4.74 Å². The molecule has 0 bridgehead atoms. The number of nitrogens with one attached hydrogen (secondary N) is 1. The Morgan fingerprint density at radius 2 is 2.33 bits per heavy atom. The summed E-state index contributed by atoms with van der Waals surface area (Å²) in [5.41, 5.74) is 0.455. The third-order valence-corrected chi connectivity index (χ3v) is 2.04. The molecule has 0 saturated carbocycles. The first-order valence-corrected chi connectivity index (χ1v) is 4.99. The average Bonchev–Trinajstić information content (AvgIpc) is 2.26. The van der Waals surface area contributed by atoms with E-state index >= 15 is 0 Å². The van der Waals surface area contributed by atoms with E-state index < -0.39 is 0 Å². The van der Waals surface area contributed by atoms with Gasteiger partial charge >= 0.3 is 0 Å². The third kappa shape index (κ3) is 3.27. The van der Waals surface area contributed by atoms with E-state index in [2.05, 4.69) is 11.9 Å². The molecular formula is C12H16FNO. The van der Waals surface area contributed by atoms with Crippen molar-refractivity contribution in [2.75, 3.05) is 19.0 Å². The predicted octanol–water partition coefficient (Wildman–Crippen LogP) is 3.21.